The van der Waals surface area contributed by atoms with E-state index in [0.717, 1.165) is 19.3 Å². The summed E-state index contributed by atoms with van der Waals surface area (Å²) in [5.41, 5.74) is 1.31. The molecular weight excluding hydrogens is 420 g/mol. The van der Waals surface area contributed by atoms with E-state index in [1.54, 1.807) is 23.4 Å². The number of nitrogen functional groups attached to an aromatic ring is 1. The van der Waals surface area contributed by atoms with E-state index >= 15 is 0 Å². The average Bonchev–Trinajstić information content (AvgIpc) is 3.07. The third kappa shape index (κ3) is 4.50. The number of sulfonamides is 1. The molecule has 3 aromatic rings. The second kappa shape index (κ2) is 8.75. The van der Waals surface area contributed by atoms with Crippen molar-refractivity contribution in [3.63, 3.8) is 0 Å². The third-order valence-corrected chi connectivity index (χ3v) is 8.11. The molecule has 0 spiro atoms. The molecule has 4 rings (SSSR count). The molecule has 0 saturated carbocycles. The van der Waals surface area contributed by atoms with Gasteiger partial charge in [-0.15, -0.1) is 10.2 Å². The van der Waals surface area contributed by atoms with Crippen LogP contribution in [0.5, 0.6) is 0 Å². The summed E-state index contributed by atoms with van der Waals surface area (Å²) in [7, 11) is -3.55. The minimum atomic E-state index is -3.55. The zero-order chi connectivity index (χ0) is 21.1. The Morgan fingerprint density at radius 1 is 1.10 bits per heavy atom. The van der Waals surface area contributed by atoms with Gasteiger partial charge in [0.05, 0.1) is 0 Å². The first-order valence-corrected chi connectivity index (χ1v) is 12.0. The van der Waals surface area contributed by atoms with Crippen molar-refractivity contribution in [2.24, 2.45) is 5.92 Å². The number of nitrogens with two attached hydrogens (primary N) is 1. The number of hydrogen-bond donors (Lipinski definition) is 1. The van der Waals surface area contributed by atoms with E-state index in [1.807, 2.05) is 18.2 Å². The quantitative estimate of drug-likeness (QED) is 0.582. The molecule has 2 aromatic heterocycles. The smallest absolute Gasteiger partial charge is 0.244 e. The number of piperidine rings is 1. The Hall–Kier alpha value is -2.43. The van der Waals surface area contributed by atoms with Gasteiger partial charge in [0, 0.05) is 19.3 Å². The summed E-state index contributed by atoms with van der Waals surface area (Å²) < 4.78 is 29.0. The summed E-state index contributed by atoms with van der Waals surface area (Å²) in [4.78, 5) is 4.48. The molecular formula is C20H24N6O2S2. The number of pyridine rings is 1. The maximum Gasteiger partial charge on any atom is 0.244 e. The molecule has 0 bridgehead atoms. The largest absolute Gasteiger partial charge is 0.336 e. The average molecular weight is 445 g/mol. The monoisotopic (exact) mass is 444 g/mol. The SMILES string of the molecule is Cc1nnc(Sc2ccc(S(=O)(=O)N3CCC(Cc4ccccc4)CC3)cn2)n1N. The lowest BCUT2D eigenvalue weighted by molar-refractivity contribution is 0.273. The molecule has 1 fully saturated rings. The highest BCUT2D eigenvalue weighted by atomic mass is 32.2. The van der Waals surface area contributed by atoms with Crippen LogP contribution >= 0.6 is 11.8 Å². The number of aryl methyl sites for hydroxylation is 1. The van der Waals surface area contributed by atoms with E-state index in [1.165, 1.54) is 28.2 Å². The maximum absolute atomic E-state index is 13.0. The minimum Gasteiger partial charge on any atom is -0.336 e. The Labute approximate surface area is 180 Å². The Morgan fingerprint density at radius 2 is 1.83 bits per heavy atom. The molecule has 0 atom stereocenters. The molecule has 8 nitrogen and oxygen atoms in total. The fraction of sp³-hybridized carbons (Fsp3) is 0.350. The predicted octanol–water partition coefficient (Wildman–Crippen LogP) is 2.49. The molecule has 0 radical (unpaired) electrons. The van der Waals surface area contributed by atoms with Crippen molar-refractivity contribution in [3.05, 3.63) is 60.0 Å². The molecule has 3 heterocycles. The fourth-order valence-electron chi connectivity index (χ4n) is 3.54. The number of rotatable bonds is 6. The van der Waals surface area contributed by atoms with Crippen molar-refractivity contribution < 1.29 is 8.42 Å². The summed E-state index contributed by atoms with van der Waals surface area (Å²) in [6, 6.07) is 13.6. The molecule has 0 unspecified atom stereocenters. The van der Waals surface area contributed by atoms with Gasteiger partial charge in [0.2, 0.25) is 15.2 Å². The predicted molar refractivity (Wildman–Crippen MR) is 115 cm³/mol. The molecule has 2 N–H and O–H groups in total. The van der Waals surface area contributed by atoms with Crippen molar-refractivity contribution in [2.75, 3.05) is 18.9 Å². The van der Waals surface area contributed by atoms with Gasteiger partial charge in [-0.2, -0.15) is 4.31 Å². The van der Waals surface area contributed by atoms with E-state index in [4.69, 9.17) is 5.84 Å². The second-order valence-electron chi connectivity index (χ2n) is 7.37. The van der Waals surface area contributed by atoms with Crippen LogP contribution < -0.4 is 5.84 Å². The topological polar surface area (TPSA) is 107 Å². The van der Waals surface area contributed by atoms with Crippen molar-refractivity contribution in [1.82, 2.24) is 24.2 Å². The Bertz CT molecular complexity index is 1090. The zero-order valence-corrected chi connectivity index (χ0v) is 18.3. The highest BCUT2D eigenvalue weighted by Gasteiger charge is 2.29. The van der Waals surface area contributed by atoms with Gasteiger partial charge in [-0.05, 0) is 61.6 Å². The van der Waals surface area contributed by atoms with Gasteiger partial charge < -0.3 is 5.84 Å². The Kier molecular flexibility index (Phi) is 6.07. The van der Waals surface area contributed by atoms with Crippen LogP contribution in [-0.2, 0) is 16.4 Å². The van der Waals surface area contributed by atoms with E-state index in [-0.39, 0.29) is 4.90 Å². The van der Waals surface area contributed by atoms with E-state index in [2.05, 4.69) is 27.3 Å². The molecule has 10 heteroatoms. The zero-order valence-electron chi connectivity index (χ0n) is 16.7. The van der Waals surface area contributed by atoms with E-state index < -0.39 is 10.0 Å². The van der Waals surface area contributed by atoms with Gasteiger partial charge in [-0.25, -0.2) is 18.1 Å². The van der Waals surface area contributed by atoms with Gasteiger partial charge in [0.1, 0.15) is 15.7 Å². The van der Waals surface area contributed by atoms with Gasteiger partial charge in [0.25, 0.3) is 0 Å². The summed E-state index contributed by atoms with van der Waals surface area (Å²) in [6.45, 7) is 2.82. The van der Waals surface area contributed by atoms with Crippen LogP contribution in [0.2, 0.25) is 0 Å². The highest BCUT2D eigenvalue weighted by molar-refractivity contribution is 7.99. The molecule has 1 saturated heterocycles. The summed E-state index contributed by atoms with van der Waals surface area (Å²) in [5, 5.41) is 8.98. The molecule has 30 heavy (non-hydrogen) atoms. The van der Waals surface area contributed by atoms with Crippen LogP contribution in [0.3, 0.4) is 0 Å². The number of aromatic nitrogens is 4. The first kappa shape index (κ1) is 20.8. The molecule has 0 aliphatic carbocycles. The van der Waals surface area contributed by atoms with Gasteiger partial charge in [-0.1, -0.05) is 30.3 Å². The molecule has 1 aromatic carbocycles. The van der Waals surface area contributed by atoms with Gasteiger partial charge >= 0.3 is 0 Å². The first-order chi connectivity index (χ1) is 14.4. The van der Waals surface area contributed by atoms with Gasteiger partial charge in [-0.3, -0.25) is 0 Å². The third-order valence-electron chi connectivity index (χ3n) is 5.32. The lowest BCUT2D eigenvalue weighted by Gasteiger charge is -2.31. The van der Waals surface area contributed by atoms with Crippen molar-refractivity contribution >= 4 is 21.8 Å². The van der Waals surface area contributed by atoms with Crippen LogP contribution in [0.25, 0.3) is 0 Å². The van der Waals surface area contributed by atoms with Crippen LogP contribution in [0, 0.1) is 12.8 Å². The number of benzene rings is 1. The molecule has 1 aliphatic rings. The first-order valence-electron chi connectivity index (χ1n) is 9.78. The number of hydrogen-bond acceptors (Lipinski definition) is 7. The number of nitrogens with zero attached hydrogens (tertiary/aromatic N) is 5. The summed E-state index contributed by atoms with van der Waals surface area (Å²) in [6.07, 6.45) is 4.12. The van der Waals surface area contributed by atoms with Crippen molar-refractivity contribution in [3.8, 4) is 0 Å². The lowest BCUT2D eigenvalue weighted by Crippen LogP contribution is -2.38. The lowest BCUT2D eigenvalue weighted by atomic mass is 9.91. The molecule has 1 aliphatic heterocycles. The fourth-order valence-corrected chi connectivity index (χ4v) is 5.70. The van der Waals surface area contributed by atoms with Crippen molar-refractivity contribution in [1.29, 1.82) is 0 Å². The summed E-state index contributed by atoms with van der Waals surface area (Å²) >= 11 is 1.24. The standard InChI is InChI=1S/C20H24N6O2S2/c1-15-23-24-20(26(15)21)29-19-8-7-18(14-22-19)30(27,28)25-11-9-17(10-12-25)13-16-5-3-2-4-6-16/h2-8,14,17H,9-13,21H2,1H3. The van der Waals surface area contributed by atoms with E-state index in [9.17, 15) is 8.42 Å². The van der Waals surface area contributed by atoms with Crippen molar-refractivity contribution in [2.45, 2.75) is 41.3 Å². The molecule has 0 amide bonds. The van der Waals surface area contributed by atoms with Crippen LogP contribution in [0.15, 0.2) is 63.7 Å². The second-order valence-corrected chi connectivity index (χ2v) is 10.3. The highest BCUT2D eigenvalue weighted by Crippen LogP contribution is 2.28. The van der Waals surface area contributed by atoms with E-state index in [0.29, 0.717) is 35.0 Å². The Morgan fingerprint density at radius 3 is 2.43 bits per heavy atom. The van der Waals surface area contributed by atoms with Crippen LogP contribution in [0.4, 0.5) is 0 Å². The summed E-state index contributed by atoms with van der Waals surface area (Å²) in [5.74, 6) is 6.94. The minimum absolute atomic E-state index is 0.207. The van der Waals surface area contributed by atoms with Crippen LogP contribution in [0.1, 0.15) is 24.2 Å². The van der Waals surface area contributed by atoms with Gasteiger partial charge in [0.15, 0.2) is 0 Å². The normalized spacial score (nSPS) is 16.0. The van der Waals surface area contributed by atoms with Crippen LogP contribution in [-0.4, -0.2) is 45.7 Å². The Balaban J connectivity index is 1.38. The maximum atomic E-state index is 13.0. The molecule has 158 valence electrons.